The molecular formula is C48H32N2S. The second kappa shape index (κ2) is 11.2. The highest BCUT2D eigenvalue weighted by Gasteiger charge is 2.23. The van der Waals surface area contributed by atoms with Crippen LogP contribution in [-0.2, 0) is 0 Å². The van der Waals surface area contributed by atoms with Crippen molar-refractivity contribution in [2.24, 2.45) is 0 Å². The number of rotatable bonds is 5. The highest BCUT2D eigenvalue weighted by Crippen LogP contribution is 2.44. The quantitative estimate of drug-likeness (QED) is 0.177. The molecule has 0 spiro atoms. The lowest BCUT2D eigenvalue weighted by atomic mass is 9.89. The maximum atomic E-state index is 2.46. The minimum Gasteiger partial charge on any atom is -0.311 e. The van der Waals surface area contributed by atoms with Gasteiger partial charge in [-0.05, 0) is 89.9 Å². The first-order valence-corrected chi connectivity index (χ1v) is 18.5. The average Bonchev–Trinajstić information content (AvgIpc) is 3.86. The minimum atomic E-state index is 0.287. The van der Waals surface area contributed by atoms with E-state index in [4.69, 9.17) is 0 Å². The molecule has 51 heavy (non-hydrogen) atoms. The van der Waals surface area contributed by atoms with E-state index in [1.165, 1.54) is 86.3 Å². The van der Waals surface area contributed by atoms with Crippen LogP contribution in [-0.4, -0.2) is 4.40 Å². The van der Waals surface area contributed by atoms with E-state index in [0.29, 0.717) is 0 Å². The highest BCUT2D eigenvalue weighted by atomic mass is 32.1. The Bertz CT molecular complexity index is 2910. The molecule has 0 N–H and O–H groups in total. The molecule has 240 valence electrons. The Kier molecular flexibility index (Phi) is 6.28. The van der Waals surface area contributed by atoms with Crippen molar-refractivity contribution in [3.63, 3.8) is 0 Å². The molecule has 10 aromatic rings. The van der Waals surface area contributed by atoms with Crippen LogP contribution in [0.25, 0.3) is 69.4 Å². The van der Waals surface area contributed by atoms with Gasteiger partial charge in [0.05, 0.1) is 16.6 Å². The molecule has 1 unspecified atom stereocenters. The second-order valence-electron chi connectivity index (χ2n) is 13.7. The standard InChI is InChI=1S/C48H32N2S/c1-2-10-31(11-3-1)32-18-22-35(23-19-32)49(37-26-27-47-41(30-37)40-14-6-9-17-46(40)51-47)36-24-20-33(21-25-36)34-28-42-38-12-4-7-15-44(38)50-45-16-8-5-13-39(45)43(29-34)48(42)50/h1-20,22-30,33H,21H2. The molecule has 0 saturated heterocycles. The summed E-state index contributed by atoms with van der Waals surface area (Å²) < 4.78 is 5.11. The van der Waals surface area contributed by atoms with Crippen molar-refractivity contribution < 1.29 is 0 Å². The lowest BCUT2D eigenvalue weighted by molar-refractivity contribution is 0.842. The molecule has 7 aromatic carbocycles. The van der Waals surface area contributed by atoms with E-state index in [1.54, 1.807) is 0 Å². The number of hydrogen-bond donors (Lipinski definition) is 0. The number of hydrogen-bond acceptors (Lipinski definition) is 2. The fourth-order valence-corrected chi connectivity index (χ4v) is 9.53. The maximum Gasteiger partial charge on any atom is 0.0620 e. The Hall–Kier alpha value is -6.16. The number of allylic oxidation sites excluding steroid dienone is 3. The number of nitrogens with zero attached hydrogens (tertiary/aromatic N) is 2. The van der Waals surface area contributed by atoms with Gasteiger partial charge in [-0.1, -0.05) is 109 Å². The lowest BCUT2D eigenvalue weighted by Gasteiger charge is -2.29. The van der Waals surface area contributed by atoms with Crippen molar-refractivity contribution in [2.75, 3.05) is 4.90 Å². The van der Waals surface area contributed by atoms with Crippen molar-refractivity contribution in [2.45, 2.75) is 12.3 Å². The van der Waals surface area contributed by atoms with Gasteiger partial charge in [0, 0.05) is 64.7 Å². The van der Waals surface area contributed by atoms with Crippen molar-refractivity contribution in [1.82, 2.24) is 4.40 Å². The predicted molar refractivity (Wildman–Crippen MR) is 219 cm³/mol. The van der Waals surface area contributed by atoms with Gasteiger partial charge in [0.1, 0.15) is 0 Å². The Labute approximate surface area is 299 Å². The number of thiophene rings is 1. The summed E-state index contributed by atoms with van der Waals surface area (Å²) in [7, 11) is 0. The molecule has 1 aliphatic rings. The van der Waals surface area contributed by atoms with Gasteiger partial charge in [0.2, 0.25) is 0 Å². The molecule has 0 bridgehead atoms. The van der Waals surface area contributed by atoms with Crippen molar-refractivity contribution >= 4 is 81.0 Å². The van der Waals surface area contributed by atoms with Gasteiger partial charge in [-0.15, -0.1) is 11.3 Å². The molecule has 0 amide bonds. The van der Waals surface area contributed by atoms with E-state index in [1.807, 2.05) is 11.3 Å². The minimum absolute atomic E-state index is 0.287. The molecule has 0 aliphatic heterocycles. The summed E-state index contributed by atoms with van der Waals surface area (Å²) in [6.07, 6.45) is 8.13. The molecular weight excluding hydrogens is 637 g/mol. The van der Waals surface area contributed by atoms with Crippen LogP contribution in [0.15, 0.2) is 182 Å². The largest absolute Gasteiger partial charge is 0.311 e. The van der Waals surface area contributed by atoms with E-state index >= 15 is 0 Å². The SMILES string of the molecule is C1=CC(c2cc3c4ccccc4n4c5ccccc5c(c2)c34)CC=C1N(c1ccc(-c2ccccc2)cc1)c1ccc2sc3ccccc3c2c1. The van der Waals surface area contributed by atoms with Gasteiger partial charge in [-0.25, -0.2) is 0 Å². The van der Waals surface area contributed by atoms with Crippen LogP contribution in [0.4, 0.5) is 11.4 Å². The van der Waals surface area contributed by atoms with Gasteiger partial charge in [-0.3, -0.25) is 0 Å². The number of fused-ring (bicyclic) bond motifs is 9. The molecule has 0 fully saturated rings. The van der Waals surface area contributed by atoms with Gasteiger partial charge >= 0.3 is 0 Å². The molecule has 2 nitrogen and oxygen atoms in total. The fourth-order valence-electron chi connectivity index (χ4n) is 8.44. The number of aromatic nitrogens is 1. The monoisotopic (exact) mass is 668 g/mol. The summed E-state index contributed by atoms with van der Waals surface area (Å²) in [6.45, 7) is 0. The molecule has 0 radical (unpaired) electrons. The molecule has 3 heterocycles. The zero-order valence-electron chi connectivity index (χ0n) is 27.8. The van der Waals surface area contributed by atoms with E-state index in [2.05, 4.69) is 185 Å². The normalized spacial score (nSPS) is 14.8. The van der Waals surface area contributed by atoms with Crippen LogP contribution < -0.4 is 4.90 Å². The summed E-state index contributed by atoms with van der Waals surface area (Å²) in [5.74, 6) is 0.287. The Morgan fingerprint density at radius 2 is 1.12 bits per heavy atom. The van der Waals surface area contributed by atoms with E-state index in [-0.39, 0.29) is 5.92 Å². The van der Waals surface area contributed by atoms with Crippen molar-refractivity contribution in [3.05, 3.63) is 187 Å². The first-order chi connectivity index (χ1) is 25.3. The van der Waals surface area contributed by atoms with Crippen LogP contribution in [0.5, 0.6) is 0 Å². The maximum absolute atomic E-state index is 2.46. The van der Waals surface area contributed by atoms with Gasteiger partial charge in [0.25, 0.3) is 0 Å². The summed E-state index contributed by atoms with van der Waals surface area (Å²) in [6, 6.07) is 58.0. The van der Waals surface area contributed by atoms with E-state index < -0.39 is 0 Å². The summed E-state index contributed by atoms with van der Waals surface area (Å²) in [5.41, 5.74) is 11.2. The van der Waals surface area contributed by atoms with Gasteiger partial charge < -0.3 is 9.30 Å². The Balaban J connectivity index is 1.02. The molecule has 1 atom stereocenters. The summed E-state index contributed by atoms with van der Waals surface area (Å²) >= 11 is 1.87. The zero-order valence-corrected chi connectivity index (χ0v) is 28.6. The first-order valence-electron chi connectivity index (χ1n) is 17.7. The summed E-state index contributed by atoms with van der Waals surface area (Å²) in [5, 5.41) is 7.95. The van der Waals surface area contributed by atoms with Gasteiger partial charge in [0.15, 0.2) is 0 Å². The van der Waals surface area contributed by atoms with Crippen LogP contribution in [0.1, 0.15) is 17.9 Å². The van der Waals surface area contributed by atoms with Crippen LogP contribution in [0, 0.1) is 0 Å². The lowest BCUT2D eigenvalue weighted by Crippen LogP contribution is -2.17. The molecule has 1 aliphatic carbocycles. The highest BCUT2D eigenvalue weighted by molar-refractivity contribution is 7.25. The third-order valence-electron chi connectivity index (χ3n) is 10.8. The zero-order chi connectivity index (χ0) is 33.5. The Morgan fingerprint density at radius 3 is 1.82 bits per heavy atom. The van der Waals surface area contributed by atoms with Crippen molar-refractivity contribution in [3.8, 4) is 11.1 Å². The topological polar surface area (TPSA) is 7.65 Å². The summed E-state index contributed by atoms with van der Waals surface area (Å²) in [4.78, 5) is 2.43. The van der Waals surface area contributed by atoms with Crippen LogP contribution in [0.2, 0.25) is 0 Å². The average molecular weight is 669 g/mol. The van der Waals surface area contributed by atoms with Crippen LogP contribution >= 0.6 is 11.3 Å². The fraction of sp³-hybridized carbons (Fsp3) is 0.0417. The van der Waals surface area contributed by atoms with E-state index in [0.717, 1.165) is 12.1 Å². The third kappa shape index (κ3) is 4.42. The van der Waals surface area contributed by atoms with Crippen molar-refractivity contribution in [1.29, 1.82) is 0 Å². The Morgan fingerprint density at radius 1 is 0.510 bits per heavy atom. The molecule has 3 heteroatoms. The number of anilines is 2. The van der Waals surface area contributed by atoms with Gasteiger partial charge in [-0.2, -0.15) is 0 Å². The number of benzene rings is 7. The predicted octanol–water partition coefficient (Wildman–Crippen LogP) is 13.6. The third-order valence-corrected chi connectivity index (χ3v) is 12.0. The molecule has 11 rings (SSSR count). The van der Waals surface area contributed by atoms with Crippen LogP contribution in [0.3, 0.4) is 0 Å². The second-order valence-corrected chi connectivity index (χ2v) is 14.8. The smallest absolute Gasteiger partial charge is 0.0620 e. The molecule has 3 aromatic heterocycles. The van der Waals surface area contributed by atoms with E-state index in [9.17, 15) is 0 Å². The number of para-hydroxylation sites is 2. The first kappa shape index (κ1) is 28.7. The molecule has 0 saturated carbocycles.